The number of nitrogens with two attached hydrogens (primary N) is 1. The first-order valence-corrected chi connectivity index (χ1v) is 12.2. The maximum absolute atomic E-state index is 13.1. The van der Waals surface area contributed by atoms with Gasteiger partial charge in [0.2, 0.25) is 27.8 Å². The maximum Gasteiger partial charge on any atom is 0.241 e. The first kappa shape index (κ1) is 22.9. The number of hydrogen-bond donors (Lipinski definition) is 3. The van der Waals surface area contributed by atoms with Crippen molar-refractivity contribution in [2.24, 2.45) is 0 Å². The molecule has 0 spiro atoms. The summed E-state index contributed by atoms with van der Waals surface area (Å²) in [6.07, 6.45) is 5.38. The van der Waals surface area contributed by atoms with Crippen molar-refractivity contribution in [2.75, 3.05) is 25.4 Å². The van der Waals surface area contributed by atoms with Gasteiger partial charge in [0.25, 0.3) is 0 Å². The molecule has 1 aromatic heterocycles. The van der Waals surface area contributed by atoms with E-state index in [4.69, 9.17) is 10.5 Å². The number of hydrogen-bond acceptors (Lipinski definition) is 8. The van der Waals surface area contributed by atoms with Crippen LogP contribution < -0.4 is 20.5 Å². The molecule has 0 bridgehead atoms. The number of aromatic nitrogens is 2. The van der Waals surface area contributed by atoms with Crippen LogP contribution in [0.3, 0.4) is 0 Å². The molecule has 4 N–H and O–H groups in total. The van der Waals surface area contributed by atoms with E-state index in [9.17, 15) is 18.0 Å². The Hall–Kier alpha value is -3.25. The Labute approximate surface area is 191 Å². The van der Waals surface area contributed by atoms with E-state index in [0.29, 0.717) is 50.1 Å². The number of fused-ring (bicyclic) bond motifs is 1. The van der Waals surface area contributed by atoms with Crippen molar-refractivity contribution in [1.29, 1.82) is 0 Å². The van der Waals surface area contributed by atoms with Crippen LogP contribution in [0, 0.1) is 0 Å². The highest BCUT2D eigenvalue weighted by Gasteiger charge is 2.32. The summed E-state index contributed by atoms with van der Waals surface area (Å²) in [6, 6.07) is 3.76. The van der Waals surface area contributed by atoms with Crippen molar-refractivity contribution in [3.8, 4) is 5.75 Å². The SMILES string of the molecule is Nc1ncc(CNC(=O)CN2CCCC[C@H](NS(=O)(=O)c3ccc4c(c3)CCO4)C2=O)cn1. The van der Waals surface area contributed by atoms with Gasteiger partial charge >= 0.3 is 0 Å². The first-order chi connectivity index (χ1) is 15.8. The molecule has 2 amide bonds. The van der Waals surface area contributed by atoms with Crippen molar-refractivity contribution in [3.05, 3.63) is 41.7 Å². The van der Waals surface area contributed by atoms with Crippen LogP contribution in [-0.2, 0) is 32.6 Å². The van der Waals surface area contributed by atoms with Crippen LogP contribution in [-0.4, -0.2) is 60.8 Å². The molecule has 2 aliphatic heterocycles. The predicted molar refractivity (Wildman–Crippen MR) is 118 cm³/mol. The van der Waals surface area contributed by atoms with E-state index in [1.54, 1.807) is 12.1 Å². The van der Waals surface area contributed by atoms with Crippen LogP contribution in [0.1, 0.15) is 30.4 Å². The van der Waals surface area contributed by atoms with Gasteiger partial charge in [-0.3, -0.25) is 9.59 Å². The fourth-order valence-corrected chi connectivity index (χ4v) is 5.12. The highest BCUT2D eigenvalue weighted by atomic mass is 32.2. The molecular weight excluding hydrogens is 448 g/mol. The number of amides is 2. The lowest BCUT2D eigenvalue weighted by atomic mass is 10.1. The minimum Gasteiger partial charge on any atom is -0.493 e. The Morgan fingerprint density at radius 3 is 2.82 bits per heavy atom. The van der Waals surface area contributed by atoms with E-state index < -0.39 is 22.0 Å². The Morgan fingerprint density at radius 2 is 2.03 bits per heavy atom. The fourth-order valence-electron chi connectivity index (χ4n) is 3.84. The van der Waals surface area contributed by atoms with Crippen molar-refractivity contribution in [1.82, 2.24) is 24.9 Å². The summed E-state index contributed by atoms with van der Waals surface area (Å²) in [7, 11) is -3.91. The number of rotatable bonds is 7. The summed E-state index contributed by atoms with van der Waals surface area (Å²) in [6.45, 7) is 0.934. The number of carbonyl (C=O) groups is 2. The van der Waals surface area contributed by atoms with Crippen LogP contribution in [0.25, 0.3) is 0 Å². The highest BCUT2D eigenvalue weighted by molar-refractivity contribution is 7.89. The quantitative estimate of drug-likeness (QED) is 0.505. The standard InChI is InChI=1S/C21H26N6O5S/c22-21-24-11-14(12-25-21)10-23-19(28)13-27-7-2-1-3-17(20(27)29)26-33(30,31)16-4-5-18-15(9-16)6-8-32-18/h4-5,9,11-12,17,26H,1-3,6-8,10,13H2,(H,23,28)(H2,22,24,25)/t17-/m0/s1. The lowest BCUT2D eigenvalue weighted by Crippen LogP contribution is -2.49. The predicted octanol–water partition coefficient (Wildman–Crippen LogP) is -0.0305. The van der Waals surface area contributed by atoms with E-state index in [-0.39, 0.29) is 29.8 Å². The summed E-state index contributed by atoms with van der Waals surface area (Å²) in [4.78, 5) is 34.7. The molecule has 33 heavy (non-hydrogen) atoms. The van der Waals surface area contributed by atoms with Gasteiger partial charge in [0.15, 0.2) is 0 Å². The van der Waals surface area contributed by atoms with Crippen LogP contribution in [0.5, 0.6) is 5.75 Å². The number of nitrogens with zero attached hydrogens (tertiary/aromatic N) is 3. The molecule has 1 fully saturated rings. The third-order valence-corrected chi connectivity index (χ3v) is 7.07. The topological polar surface area (TPSA) is 157 Å². The van der Waals surface area contributed by atoms with Gasteiger partial charge in [-0.1, -0.05) is 0 Å². The van der Waals surface area contributed by atoms with Gasteiger partial charge in [-0.15, -0.1) is 0 Å². The van der Waals surface area contributed by atoms with Crippen LogP contribution in [0.15, 0.2) is 35.5 Å². The van der Waals surface area contributed by atoms with Gasteiger partial charge < -0.3 is 20.7 Å². The van der Waals surface area contributed by atoms with Crippen LogP contribution >= 0.6 is 0 Å². The zero-order valence-electron chi connectivity index (χ0n) is 18.0. The summed E-state index contributed by atoms with van der Waals surface area (Å²) < 4.78 is 33.9. The smallest absolute Gasteiger partial charge is 0.241 e. The molecule has 2 aliphatic rings. The molecule has 176 valence electrons. The molecule has 0 saturated carbocycles. The van der Waals surface area contributed by atoms with Crippen molar-refractivity contribution >= 4 is 27.8 Å². The van der Waals surface area contributed by atoms with Gasteiger partial charge in [-0.05, 0) is 43.0 Å². The molecular formula is C21H26N6O5S. The van der Waals surface area contributed by atoms with Gasteiger partial charge in [0.1, 0.15) is 11.8 Å². The number of nitrogens with one attached hydrogen (secondary N) is 2. The molecule has 1 aromatic carbocycles. The maximum atomic E-state index is 13.1. The lowest BCUT2D eigenvalue weighted by Gasteiger charge is -2.24. The second kappa shape index (κ2) is 9.71. The third kappa shape index (κ3) is 5.57. The van der Waals surface area contributed by atoms with E-state index in [1.165, 1.54) is 23.4 Å². The normalized spacial score (nSPS) is 18.4. The largest absolute Gasteiger partial charge is 0.493 e. The Kier molecular flexibility index (Phi) is 6.75. The number of carbonyl (C=O) groups excluding carboxylic acids is 2. The van der Waals surface area contributed by atoms with Gasteiger partial charge in [-0.2, -0.15) is 4.72 Å². The number of anilines is 1. The van der Waals surface area contributed by atoms with E-state index in [1.807, 2.05) is 0 Å². The average Bonchev–Trinajstić information content (AvgIpc) is 3.21. The Balaban J connectivity index is 1.38. The minimum absolute atomic E-state index is 0.0961. The Morgan fingerprint density at radius 1 is 1.24 bits per heavy atom. The fraction of sp³-hybridized carbons (Fsp3) is 0.429. The molecule has 1 saturated heterocycles. The molecule has 4 rings (SSSR count). The summed E-state index contributed by atoms with van der Waals surface area (Å²) in [5, 5.41) is 2.72. The average molecular weight is 475 g/mol. The summed E-state index contributed by atoms with van der Waals surface area (Å²) in [5.41, 5.74) is 6.95. The molecule has 0 aliphatic carbocycles. The van der Waals surface area contributed by atoms with Gasteiger partial charge in [0, 0.05) is 37.5 Å². The zero-order chi connectivity index (χ0) is 23.4. The van der Waals surface area contributed by atoms with Crippen LogP contribution in [0.4, 0.5) is 5.95 Å². The van der Waals surface area contributed by atoms with Crippen molar-refractivity contribution in [2.45, 2.75) is 43.2 Å². The molecule has 3 heterocycles. The van der Waals surface area contributed by atoms with E-state index in [0.717, 1.165) is 5.56 Å². The molecule has 11 nitrogen and oxygen atoms in total. The zero-order valence-corrected chi connectivity index (χ0v) is 18.8. The molecule has 1 atom stereocenters. The summed E-state index contributed by atoms with van der Waals surface area (Å²) in [5.74, 6) is 0.0537. The summed E-state index contributed by atoms with van der Waals surface area (Å²) >= 11 is 0. The van der Waals surface area contributed by atoms with E-state index >= 15 is 0 Å². The second-order valence-corrected chi connectivity index (χ2v) is 9.74. The number of sulfonamides is 1. The molecule has 0 radical (unpaired) electrons. The van der Waals surface area contributed by atoms with Gasteiger partial charge in [0.05, 0.1) is 18.0 Å². The van der Waals surface area contributed by atoms with Gasteiger partial charge in [-0.25, -0.2) is 18.4 Å². The molecule has 2 aromatic rings. The Bertz CT molecular complexity index is 1140. The monoisotopic (exact) mass is 474 g/mol. The van der Waals surface area contributed by atoms with Crippen LogP contribution in [0.2, 0.25) is 0 Å². The number of ether oxygens (including phenoxy) is 1. The molecule has 12 heteroatoms. The number of benzene rings is 1. The van der Waals surface area contributed by atoms with Crippen molar-refractivity contribution in [3.63, 3.8) is 0 Å². The number of nitrogen functional groups attached to an aromatic ring is 1. The minimum atomic E-state index is -3.91. The first-order valence-electron chi connectivity index (χ1n) is 10.7. The molecule has 0 unspecified atom stereocenters. The lowest BCUT2D eigenvalue weighted by molar-refractivity contribution is -0.136. The number of likely N-dealkylation sites (tertiary alicyclic amines) is 1. The second-order valence-electron chi connectivity index (χ2n) is 8.02. The van der Waals surface area contributed by atoms with E-state index in [2.05, 4.69) is 20.0 Å². The highest BCUT2D eigenvalue weighted by Crippen LogP contribution is 2.28. The third-order valence-electron chi connectivity index (χ3n) is 5.60. The van der Waals surface area contributed by atoms with Crippen molar-refractivity contribution < 1.29 is 22.7 Å².